The summed E-state index contributed by atoms with van der Waals surface area (Å²) in [5.74, 6) is -0.272. The van der Waals surface area contributed by atoms with Crippen molar-refractivity contribution in [3.63, 3.8) is 0 Å². The highest BCUT2D eigenvalue weighted by Gasteiger charge is 2.25. The van der Waals surface area contributed by atoms with Gasteiger partial charge in [-0.3, -0.25) is 4.90 Å². The maximum absolute atomic E-state index is 14.0. The number of fused-ring (bicyclic) bond motifs is 1. The van der Waals surface area contributed by atoms with Crippen LogP contribution in [-0.4, -0.2) is 11.4 Å². The van der Waals surface area contributed by atoms with Crippen LogP contribution in [0, 0.1) is 5.82 Å². The minimum Gasteiger partial charge on any atom is -0.396 e. The first-order valence-corrected chi connectivity index (χ1v) is 7.38. The van der Waals surface area contributed by atoms with Crippen LogP contribution >= 0.6 is 11.3 Å². The third-order valence-corrected chi connectivity index (χ3v) is 4.88. The number of halogens is 1. The Hall–Kier alpha value is -1.39. The average Bonchev–Trinajstić information content (AvgIpc) is 2.87. The van der Waals surface area contributed by atoms with Crippen LogP contribution in [0.5, 0.6) is 0 Å². The van der Waals surface area contributed by atoms with E-state index in [1.165, 1.54) is 10.4 Å². The second-order valence-electron chi connectivity index (χ2n) is 5.02. The number of anilines is 1. The number of hydrogen-bond donors (Lipinski definition) is 1. The van der Waals surface area contributed by atoms with Crippen molar-refractivity contribution in [2.45, 2.75) is 25.9 Å². The molecule has 0 bridgehead atoms. The van der Waals surface area contributed by atoms with Gasteiger partial charge in [-0.05, 0) is 36.4 Å². The Morgan fingerprint density at radius 3 is 3.11 bits per heavy atom. The summed E-state index contributed by atoms with van der Waals surface area (Å²) in [5.41, 5.74) is 7.94. The largest absolute Gasteiger partial charge is 0.396 e. The highest BCUT2D eigenvalue weighted by molar-refractivity contribution is 7.10. The van der Waals surface area contributed by atoms with Crippen molar-refractivity contribution in [3.8, 4) is 0 Å². The van der Waals surface area contributed by atoms with Crippen LogP contribution in [0.4, 0.5) is 10.1 Å². The number of thiophene rings is 1. The summed E-state index contributed by atoms with van der Waals surface area (Å²) in [6.07, 6.45) is 1.06. The molecule has 1 aromatic carbocycles. The minimum absolute atomic E-state index is 0.235. The van der Waals surface area contributed by atoms with E-state index in [9.17, 15) is 4.39 Å². The third-order valence-electron chi connectivity index (χ3n) is 3.89. The summed E-state index contributed by atoms with van der Waals surface area (Å²) in [4.78, 5) is 3.78. The van der Waals surface area contributed by atoms with Gasteiger partial charge in [0.25, 0.3) is 0 Å². The number of nitrogens with two attached hydrogens (primary N) is 1. The van der Waals surface area contributed by atoms with Gasteiger partial charge in [-0.2, -0.15) is 0 Å². The second kappa shape index (κ2) is 4.94. The Bertz CT molecular complexity index is 594. The monoisotopic (exact) mass is 276 g/mol. The Balaban J connectivity index is 1.83. The van der Waals surface area contributed by atoms with Crippen molar-refractivity contribution in [2.75, 3.05) is 12.3 Å². The fraction of sp³-hybridized carbons (Fsp3) is 0.333. The molecule has 0 spiro atoms. The van der Waals surface area contributed by atoms with E-state index in [4.69, 9.17) is 5.73 Å². The summed E-state index contributed by atoms with van der Waals surface area (Å²) in [6, 6.07) is 7.78. The van der Waals surface area contributed by atoms with Crippen molar-refractivity contribution in [2.24, 2.45) is 0 Å². The molecule has 1 aromatic heterocycles. The molecule has 1 aliphatic heterocycles. The van der Waals surface area contributed by atoms with Gasteiger partial charge in [-0.1, -0.05) is 12.1 Å². The first-order chi connectivity index (χ1) is 9.16. The Morgan fingerprint density at radius 2 is 2.26 bits per heavy atom. The van der Waals surface area contributed by atoms with E-state index < -0.39 is 0 Å². The quantitative estimate of drug-likeness (QED) is 0.849. The maximum Gasteiger partial charge on any atom is 0.150 e. The predicted octanol–water partition coefficient (Wildman–Crippen LogP) is 3.59. The van der Waals surface area contributed by atoms with Gasteiger partial charge in [0.1, 0.15) is 0 Å². The minimum atomic E-state index is -0.272. The van der Waals surface area contributed by atoms with E-state index in [2.05, 4.69) is 23.3 Å². The molecule has 1 unspecified atom stereocenters. The van der Waals surface area contributed by atoms with E-state index in [0.29, 0.717) is 18.2 Å². The number of rotatable bonds is 2. The van der Waals surface area contributed by atoms with Crippen molar-refractivity contribution < 1.29 is 4.39 Å². The van der Waals surface area contributed by atoms with Crippen molar-refractivity contribution in [3.05, 3.63) is 51.5 Å². The lowest BCUT2D eigenvalue weighted by atomic mass is 10.0. The second-order valence-corrected chi connectivity index (χ2v) is 6.02. The molecule has 1 aliphatic rings. The molecular weight excluding hydrogens is 259 g/mol. The maximum atomic E-state index is 14.0. The summed E-state index contributed by atoms with van der Waals surface area (Å²) >= 11 is 1.82. The average molecular weight is 276 g/mol. The first kappa shape index (κ1) is 12.6. The van der Waals surface area contributed by atoms with Crippen molar-refractivity contribution in [1.29, 1.82) is 0 Å². The van der Waals surface area contributed by atoms with Gasteiger partial charge in [-0.15, -0.1) is 11.3 Å². The van der Waals surface area contributed by atoms with Crippen LogP contribution in [0.2, 0.25) is 0 Å². The molecule has 1 atom stereocenters. The Morgan fingerprint density at radius 1 is 1.42 bits per heavy atom. The van der Waals surface area contributed by atoms with Gasteiger partial charge in [0, 0.05) is 29.6 Å². The fourth-order valence-electron chi connectivity index (χ4n) is 2.72. The Labute approximate surface area is 116 Å². The molecule has 0 saturated carbocycles. The van der Waals surface area contributed by atoms with Crippen LogP contribution in [0.1, 0.15) is 29.0 Å². The van der Waals surface area contributed by atoms with Gasteiger partial charge in [0.15, 0.2) is 5.82 Å². The van der Waals surface area contributed by atoms with Crippen LogP contribution in [-0.2, 0) is 13.0 Å². The zero-order chi connectivity index (χ0) is 13.4. The molecule has 100 valence electrons. The van der Waals surface area contributed by atoms with Crippen molar-refractivity contribution in [1.82, 2.24) is 4.90 Å². The molecule has 0 radical (unpaired) electrons. The highest BCUT2D eigenvalue weighted by atomic mass is 32.1. The van der Waals surface area contributed by atoms with Crippen LogP contribution in [0.25, 0.3) is 0 Å². The molecule has 0 saturated heterocycles. The van der Waals surface area contributed by atoms with E-state index in [1.807, 2.05) is 23.5 Å². The standard InChI is InChI=1S/C15H17FN2S/c1-10-12-6-8-19-14(12)5-7-18(10)9-11-3-2-4-13(17)15(11)16/h2-4,6,8,10H,5,7,9,17H2,1H3. The smallest absolute Gasteiger partial charge is 0.150 e. The molecule has 0 fully saturated rings. The third kappa shape index (κ3) is 2.26. The van der Waals surface area contributed by atoms with Gasteiger partial charge in [0.2, 0.25) is 0 Å². The van der Waals surface area contributed by atoms with E-state index >= 15 is 0 Å². The summed E-state index contributed by atoms with van der Waals surface area (Å²) < 4.78 is 14.0. The lowest BCUT2D eigenvalue weighted by Crippen LogP contribution is -2.33. The number of hydrogen-bond acceptors (Lipinski definition) is 3. The van der Waals surface area contributed by atoms with E-state index in [-0.39, 0.29) is 11.5 Å². The molecular formula is C15H17FN2S. The lowest BCUT2D eigenvalue weighted by molar-refractivity contribution is 0.189. The molecule has 19 heavy (non-hydrogen) atoms. The van der Waals surface area contributed by atoms with E-state index in [1.54, 1.807) is 6.07 Å². The number of nitrogens with zero attached hydrogens (tertiary/aromatic N) is 1. The molecule has 3 rings (SSSR count). The lowest BCUT2D eigenvalue weighted by Gasteiger charge is -2.33. The van der Waals surface area contributed by atoms with Crippen LogP contribution in [0.3, 0.4) is 0 Å². The van der Waals surface area contributed by atoms with Gasteiger partial charge in [-0.25, -0.2) is 4.39 Å². The molecule has 2 heterocycles. The first-order valence-electron chi connectivity index (χ1n) is 6.50. The molecule has 4 heteroatoms. The summed E-state index contributed by atoms with van der Waals surface area (Å²) in [6.45, 7) is 3.78. The van der Waals surface area contributed by atoms with Crippen molar-refractivity contribution >= 4 is 17.0 Å². The zero-order valence-corrected chi connectivity index (χ0v) is 11.7. The molecule has 0 aliphatic carbocycles. The molecule has 2 N–H and O–H groups in total. The zero-order valence-electron chi connectivity index (χ0n) is 10.9. The van der Waals surface area contributed by atoms with E-state index in [0.717, 1.165) is 13.0 Å². The molecule has 2 nitrogen and oxygen atoms in total. The van der Waals surface area contributed by atoms with Crippen LogP contribution in [0.15, 0.2) is 29.6 Å². The highest BCUT2D eigenvalue weighted by Crippen LogP contribution is 2.34. The van der Waals surface area contributed by atoms with Gasteiger partial charge in [0.05, 0.1) is 5.69 Å². The summed E-state index contributed by atoms with van der Waals surface area (Å²) in [5, 5.41) is 2.14. The number of nitrogen functional groups attached to an aromatic ring is 1. The topological polar surface area (TPSA) is 29.3 Å². The predicted molar refractivity (Wildman–Crippen MR) is 77.7 cm³/mol. The SMILES string of the molecule is CC1c2ccsc2CCN1Cc1cccc(N)c1F. The molecule has 2 aromatic rings. The van der Waals surface area contributed by atoms with Crippen LogP contribution < -0.4 is 5.73 Å². The van der Waals surface area contributed by atoms with Gasteiger partial charge < -0.3 is 5.73 Å². The van der Waals surface area contributed by atoms with Gasteiger partial charge >= 0.3 is 0 Å². The fourth-order valence-corrected chi connectivity index (χ4v) is 3.68. The number of benzene rings is 1. The molecule has 0 amide bonds. The Kier molecular flexibility index (Phi) is 3.29. The normalized spacial score (nSPS) is 19.4. The summed E-state index contributed by atoms with van der Waals surface area (Å²) in [7, 11) is 0.